The summed E-state index contributed by atoms with van der Waals surface area (Å²) in [5.74, 6) is -0.237. The molecule has 0 radical (unpaired) electrons. The molecule has 0 unspecified atom stereocenters. The van der Waals surface area contributed by atoms with E-state index >= 15 is 0 Å². The molecule has 0 bridgehead atoms. The van der Waals surface area contributed by atoms with Crippen LogP contribution in [-0.2, 0) is 6.54 Å². The number of hydrogen-bond donors (Lipinski definition) is 2. The van der Waals surface area contributed by atoms with Crippen LogP contribution in [0.15, 0.2) is 67.1 Å². The molecule has 0 spiro atoms. The summed E-state index contributed by atoms with van der Waals surface area (Å²) >= 11 is 0. The predicted octanol–water partition coefficient (Wildman–Crippen LogP) is 3.35. The maximum atomic E-state index is 12.3. The number of aromatic nitrogens is 2. The molecule has 0 atom stereocenters. The number of ketones is 1. The van der Waals surface area contributed by atoms with Crippen LogP contribution < -0.4 is 10.6 Å². The van der Waals surface area contributed by atoms with Gasteiger partial charge in [0.05, 0.1) is 29.7 Å². The number of rotatable bonds is 6. The summed E-state index contributed by atoms with van der Waals surface area (Å²) in [4.78, 5) is 32.1. The Bertz CT molecular complexity index is 926. The van der Waals surface area contributed by atoms with E-state index in [1.807, 2.05) is 24.3 Å². The number of pyridine rings is 2. The van der Waals surface area contributed by atoms with Crippen molar-refractivity contribution >= 4 is 23.1 Å². The van der Waals surface area contributed by atoms with E-state index in [-0.39, 0.29) is 11.7 Å². The molecule has 3 aromatic rings. The minimum Gasteiger partial charge on any atom is -0.354 e. The van der Waals surface area contributed by atoms with E-state index in [1.165, 1.54) is 13.1 Å². The molecular formula is C20H18N4O2. The molecule has 6 nitrogen and oxygen atoms in total. The standard InChI is InChI=1S/C20H18N4O2/c1-14(25)15-5-4-7-17(9-15)24-19-10-16(11-21-12-19)20(26)23-13-18-6-2-3-8-22-18/h2-12,24H,13H2,1H3,(H,23,26). The quantitative estimate of drug-likeness (QED) is 0.669. The second-order valence-corrected chi connectivity index (χ2v) is 5.73. The number of carbonyl (C=O) groups is 2. The maximum absolute atomic E-state index is 12.3. The number of hydrogen-bond acceptors (Lipinski definition) is 5. The van der Waals surface area contributed by atoms with E-state index in [9.17, 15) is 9.59 Å². The zero-order chi connectivity index (χ0) is 18.4. The first-order valence-electron chi connectivity index (χ1n) is 8.13. The SMILES string of the molecule is CC(=O)c1cccc(Nc2cncc(C(=O)NCc3ccccn3)c2)c1. The summed E-state index contributed by atoms with van der Waals surface area (Å²) in [6.45, 7) is 1.87. The van der Waals surface area contributed by atoms with Gasteiger partial charge in [-0.2, -0.15) is 0 Å². The molecule has 3 rings (SSSR count). The largest absolute Gasteiger partial charge is 0.354 e. The van der Waals surface area contributed by atoms with Crippen molar-refractivity contribution in [2.45, 2.75) is 13.5 Å². The van der Waals surface area contributed by atoms with E-state index in [0.717, 1.165) is 11.4 Å². The Morgan fingerprint density at radius 3 is 2.58 bits per heavy atom. The number of carbonyl (C=O) groups excluding carboxylic acids is 2. The van der Waals surface area contributed by atoms with Crippen molar-refractivity contribution in [1.29, 1.82) is 0 Å². The fourth-order valence-corrected chi connectivity index (χ4v) is 2.39. The summed E-state index contributed by atoms with van der Waals surface area (Å²) in [6.07, 6.45) is 4.81. The molecular weight excluding hydrogens is 328 g/mol. The minimum atomic E-state index is -0.232. The van der Waals surface area contributed by atoms with Crippen LogP contribution >= 0.6 is 0 Å². The fourth-order valence-electron chi connectivity index (χ4n) is 2.39. The van der Waals surface area contributed by atoms with Gasteiger partial charge in [0.15, 0.2) is 5.78 Å². The van der Waals surface area contributed by atoms with Crippen molar-refractivity contribution in [3.63, 3.8) is 0 Å². The molecule has 0 saturated heterocycles. The van der Waals surface area contributed by atoms with E-state index in [0.29, 0.717) is 23.4 Å². The Kier molecular flexibility index (Phi) is 5.34. The van der Waals surface area contributed by atoms with Crippen LogP contribution in [0.5, 0.6) is 0 Å². The molecule has 2 heterocycles. The van der Waals surface area contributed by atoms with E-state index in [4.69, 9.17) is 0 Å². The fraction of sp³-hybridized carbons (Fsp3) is 0.100. The highest BCUT2D eigenvalue weighted by Gasteiger charge is 2.08. The van der Waals surface area contributed by atoms with Gasteiger partial charge in [0, 0.05) is 23.6 Å². The van der Waals surface area contributed by atoms with Gasteiger partial charge in [0.1, 0.15) is 0 Å². The summed E-state index contributed by atoms with van der Waals surface area (Å²) in [5.41, 5.74) is 3.26. The van der Waals surface area contributed by atoms with Gasteiger partial charge < -0.3 is 10.6 Å². The summed E-state index contributed by atoms with van der Waals surface area (Å²) in [6, 6.07) is 14.4. The second-order valence-electron chi connectivity index (χ2n) is 5.73. The minimum absolute atomic E-state index is 0.00516. The van der Waals surface area contributed by atoms with Crippen LogP contribution in [0.2, 0.25) is 0 Å². The van der Waals surface area contributed by atoms with Crippen molar-refractivity contribution in [3.8, 4) is 0 Å². The van der Waals surface area contributed by atoms with Crippen molar-refractivity contribution in [1.82, 2.24) is 15.3 Å². The Hall–Kier alpha value is -3.54. The number of benzene rings is 1. The third-order valence-corrected chi connectivity index (χ3v) is 3.71. The van der Waals surface area contributed by atoms with Gasteiger partial charge in [-0.1, -0.05) is 18.2 Å². The molecule has 0 saturated carbocycles. The summed E-state index contributed by atoms with van der Waals surface area (Å²) in [5, 5.41) is 5.98. The van der Waals surface area contributed by atoms with Crippen LogP contribution in [0.4, 0.5) is 11.4 Å². The lowest BCUT2D eigenvalue weighted by atomic mass is 10.1. The molecule has 2 aromatic heterocycles. The topological polar surface area (TPSA) is 84.0 Å². The average molecular weight is 346 g/mol. The first-order chi connectivity index (χ1) is 12.6. The number of Topliss-reactive ketones (excluding diaryl/α,β-unsaturated/α-hetero) is 1. The molecule has 0 aliphatic carbocycles. The van der Waals surface area contributed by atoms with E-state index < -0.39 is 0 Å². The van der Waals surface area contributed by atoms with E-state index in [2.05, 4.69) is 20.6 Å². The van der Waals surface area contributed by atoms with Crippen molar-refractivity contribution < 1.29 is 9.59 Å². The molecule has 6 heteroatoms. The van der Waals surface area contributed by atoms with Gasteiger partial charge >= 0.3 is 0 Å². The van der Waals surface area contributed by atoms with Crippen LogP contribution in [0.3, 0.4) is 0 Å². The molecule has 2 N–H and O–H groups in total. The third kappa shape index (κ3) is 4.51. The van der Waals surface area contributed by atoms with Gasteiger partial charge in [-0.05, 0) is 37.3 Å². The highest BCUT2D eigenvalue weighted by Crippen LogP contribution is 2.18. The first-order valence-corrected chi connectivity index (χ1v) is 8.13. The van der Waals surface area contributed by atoms with Crippen LogP contribution in [0, 0.1) is 0 Å². The number of anilines is 2. The summed E-state index contributed by atoms with van der Waals surface area (Å²) in [7, 11) is 0. The molecule has 130 valence electrons. The van der Waals surface area contributed by atoms with Gasteiger partial charge in [0.25, 0.3) is 5.91 Å². The Morgan fingerprint density at radius 2 is 1.81 bits per heavy atom. The predicted molar refractivity (Wildman–Crippen MR) is 99.4 cm³/mol. The lowest BCUT2D eigenvalue weighted by molar-refractivity contribution is 0.0949. The molecule has 1 amide bonds. The number of nitrogens with zero attached hydrogens (tertiary/aromatic N) is 2. The van der Waals surface area contributed by atoms with Crippen molar-refractivity contribution in [2.75, 3.05) is 5.32 Å². The molecule has 0 aliphatic rings. The summed E-state index contributed by atoms with van der Waals surface area (Å²) < 4.78 is 0. The van der Waals surface area contributed by atoms with Gasteiger partial charge in [0.2, 0.25) is 0 Å². The zero-order valence-corrected chi connectivity index (χ0v) is 14.3. The molecule has 0 fully saturated rings. The Morgan fingerprint density at radius 1 is 0.962 bits per heavy atom. The molecule has 26 heavy (non-hydrogen) atoms. The Labute approximate surface area is 151 Å². The van der Waals surface area contributed by atoms with Gasteiger partial charge in [-0.25, -0.2) is 0 Å². The smallest absolute Gasteiger partial charge is 0.253 e. The second kappa shape index (κ2) is 8.02. The zero-order valence-electron chi connectivity index (χ0n) is 14.3. The van der Waals surface area contributed by atoms with Crippen LogP contribution in [-0.4, -0.2) is 21.7 Å². The van der Waals surface area contributed by atoms with Crippen molar-refractivity contribution in [3.05, 3.63) is 83.9 Å². The molecule has 0 aliphatic heterocycles. The van der Waals surface area contributed by atoms with Crippen LogP contribution in [0.25, 0.3) is 0 Å². The van der Waals surface area contributed by atoms with Crippen molar-refractivity contribution in [2.24, 2.45) is 0 Å². The van der Waals surface area contributed by atoms with Crippen LogP contribution in [0.1, 0.15) is 33.3 Å². The van der Waals surface area contributed by atoms with E-state index in [1.54, 1.807) is 36.7 Å². The van der Waals surface area contributed by atoms with Gasteiger partial charge in [-0.3, -0.25) is 19.6 Å². The third-order valence-electron chi connectivity index (χ3n) is 3.71. The Balaban J connectivity index is 1.68. The highest BCUT2D eigenvalue weighted by atomic mass is 16.1. The molecule has 1 aromatic carbocycles. The first kappa shape index (κ1) is 17.3. The lowest BCUT2D eigenvalue weighted by Gasteiger charge is -2.09. The number of nitrogens with one attached hydrogen (secondary N) is 2. The normalized spacial score (nSPS) is 10.2. The number of amides is 1. The highest BCUT2D eigenvalue weighted by molar-refractivity contribution is 5.96. The average Bonchev–Trinajstić information content (AvgIpc) is 2.67. The lowest BCUT2D eigenvalue weighted by Crippen LogP contribution is -2.23. The monoisotopic (exact) mass is 346 g/mol. The maximum Gasteiger partial charge on any atom is 0.253 e. The van der Waals surface area contributed by atoms with Gasteiger partial charge in [-0.15, -0.1) is 0 Å².